The first-order valence-electron chi connectivity index (χ1n) is 9.75. The van der Waals surface area contributed by atoms with Gasteiger partial charge in [-0.3, -0.25) is 9.59 Å². The van der Waals surface area contributed by atoms with Gasteiger partial charge in [0.1, 0.15) is 0 Å². The van der Waals surface area contributed by atoms with E-state index in [9.17, 15) is 9.59 Å². The molecule has 0 atom stereocenters. The van der Waals surface area contributed by atoms with Crippen LogP contribution >= 0.6 is 23.1 Å². The fourth-order valence-corrected chi connectivity index (χ4v) is 5.06. The van der Waals surface area contributed by atoms with Crippen molar-refractivity contribution in [1.82, 2.24) is 4.98 Å². The van der Waals surface area contributed by atoms with Crippen LogP contribution < -0.4 is 10.6 Å². The Morgan fingerprint density at radius 3 is 2.42 bits per heavy atom. The lowest BCUT2D eigenvalue weighted by Crippen LogP contribution is -2.15. The van der Waals surface area contributed by atoms with Crippen LogP contribution in [0.5, 0.6) is 0 Å². The molecule has 0 radical (unpaired) electrons. The Balaban J connectivity index is 1.40. The molecule has 0 unspecified atom stereocenters. The van der Waals surface area contributed by atoms with Crippen molar-refractivity contribution in [2.45, 2.75) is 18.2 Å². The number of benzene rings is 3. The maximum atomic E-state index is 12.4. The maximum Gasteiger partial charge on any atom is 0.255 e. The van der Waals surface area contributed by atoms with Crippen LogP contribution in [0.15, 0.2) is 71.1 Å². The molecule has 5 nitrogen and oxygen atoms in total. The Morgan fingerprint density at radius 2 is 1.68 bits per heavy atom. The molecule has 156 valence electrons. The molecule has 7 heteroatoms. The van der Waals surface area contributed by atoms with Crippen LogP contribution in [0.1, 0.15) is 21.5 Å². The Bertz CT molecular complexity index is 1230. The van der Waals surface area contributed by atoms with E-state index in [2.05, 4.69) is 15.6 Å². The number of rotatable bonds is 6. The predicted molar refractivity (Wildman–Crippen MR) is 129 cm³/mol. The van der Waals surface area contributed by atoms with Crippen molar-refractivity contribution in [2.24, 2.45) is 0 Å². The second kappa shape index (κ2) is 9.32. The third-order valence-corrected chi connectivity index (χ3v) is 6.90. The topological polar surface area (TPSA) is 71.1 Å². The largest absolute Gasteiger partial charge is 0.325 e. The van der Waals surface area contributed by atoms with E-state index >= 15 is 0 Å². The van der Waals surface area contributed by atoms with E-state index in [1.807, 2.05) is 68.4 Å². The Kier molecular flexibility index (Phi) is 6.34. The van der Waals surface area contributed by atoms with Gasteiger partial charge in [-0.2, -0.15) is 0 Å². The van der Waals surface area contributed by atoms with Crippen LogP contribution in [0.3, 0.4) is 0 Å². The molecule has 3 aromatic carbocycles. The quantitative estimate of drug-likeness (QED) is 0.361. The van der Waals surface area contributed by atoms with Crippen molar-refractivity contribution >= 4 is 56.5 Å². The van der Waals surface area contributed by atoms with Gasteiger partial charge >= 0.3 is 0 Å². The van der Waals surface area contributed by atoms with Crippen molar-refractivity contribution in [1.29, 1.82) is 0 Å². The Morgan fingerprint density at radius 1 is 0.935 bits per heavy atom. The van der Waals surface area contributed by atoms with E-state index in [0.717, 1.165) is 31.4 Å². The normalized spacial score (nSPS) is 10.8. The summed E-state index contributed by atoms with van der Waals surface area (Å²) in [5.74, 6) is 0.0743. The number of hydrogen-bond donors (Lipinski definition) is 2. The number of carbonyl (C=O) groups excluding carboxylic acids is 2. The summed E-state index contributed by atoms with van der Waals surface area (Å²) in [7, 11) is 0. The number of thiazole rings is 1. The average molecular weight is 448 g/mol. The molecule has 0 aliphatic carbocycles. The first-order chi connectivity index (χ1) is 15.0. The first kappa shape index (κ1) is 21.1. The summed E-state index contributed by atoms with van der Waals surface area (Å²) in [5, 5.41) is 5.92. The number of amides is 2. The van der Waals surface area contributed by atoms with E-state index in [0.29, 0.717) is 11.3 Å². The zero-order valence-electron chi connectivity index (χ0n) is 17.1. The summed E-state index contributed by atoms with van der Waals surface area (Å²) in [6, 6.07) is 20.7. The van der Waals surface area contributed by atoms with E-state index in [1.165, 1.54) is 23.1 Å². The summed E-state index contributed by atoms with van der Waals surface area (Å²) >= 11 is 2.92. The van der Waals surface area contributed by atoms with Crippen LogP contribution in [0, 0.1) is 13.8 Å². The lowest BCUT2D eigenvalue weighted by molar-refractivity contribution is -0.113. The summed E-state index contributed by atoms with van der Waals surface area (Å²) in [6.45, 7) is 3.97. The highest BCUT2D eigenvalue weighted by Gasteiger charge is 2.12. The van der Waals surface area contributed by atoms with E-state index in [1.54, 1.807) is 12.1 Å². The molecule has 0 fully saturated rings. The van der Waals surface area contributed by atoms with Gasteiger partial charge in [0.25, 0.3) is 5.91 Å². The van der Waals surface area contributed by atoms with Gasteiger partial charge in [0.05, 0.1) is 16.0 Å². The van der Waals surface area contributed by atoms with Gasteiger partial charge in [-0.1, -0.05) is 48.2 Å². The molecule has 31 heavy (non-hydrogen) atoms. The summed E-state index contributed by atoms with van der Waals surface area (Å²) in [6.07, 6.45) is 0. The number of carbonyl (C=O) groups is 2. The number of para-hydroxylation sites is 1. The lowest BCUT2D eigenvalue weighted by Gasteiger charge is -2.10. The third kappa shape index (κ3) is 5.13. The number of hydrogen-bond acceptors (Lipinski definition) is 5. The second-order valence-corrected chi connectivity index (χ2v) is 9.34. The van der Waals surface area contributed by atoms with Crippen molar-refractivity contribution in [2.75, 3.05) is 16.4 Å². The molecule has 1 heterocycles. The smallest absolute Gasteiger partial charge is 0.255 e. The molecule has 0 aliphatic rings. The SMILES string of the molecule is Cc1cccc(C)c1NC(=O)CSc1nc2ccc(NC(=O)c3ccccc3)cc2s1. The molecule has 2 N–H and O–H groups in total. The molecule has 4 rings (SSSR count). The molecule has 1 aromatic heterocycles. The number of fused-ring (bicyclic) bond motifs is 1. The monoisotopic (exact) mass is 447 g/mol. The average Bonchev–Trinajstić information content (AvgIpc) is 3.18. The van der Waals surface area contributed by atoms with Gasteiger partial charge in [0.2, 0.25) is 5.91 Å². The minimum atomic E-state index is -0.151. The minimum absolute atomic E-state index is 0.0579. The van der Waals surface area contributed by atoms with Gasteiger partial charge in [0, 0.05) is 16.9 Å². The molecule has 0 saturated carbocycles. The molecule has 0 bridgehead atoms. The molecule has 0 spiro atoms. The van der Waals surface area contributed by atoms with Crippen molar-refractivity contribution in [3.63, 3.8) is 0 Å². The molecular formula is C24H21N3O2S2. The van der Waals surface area contributed by atoms with E-state index < -0.39 is 0 Å². The van der Waals surface area contributed by atoms with Crippen LogP contribution in [0.2, 0.25) is 0 Å². The van der Waals surface area contributed by atoms with Crippen molar-refractivity contribution in [3.8, 4) is 0 Å². The Hall–Kier alpha value is -3.16. The van der Waals surface area contributed by atoms with Gasteiger partial charge in [-0.15, -0.1) is 11.3 Å². The van der Waals surface area contributed by atoms with E-state index in [-0.39, 0.29) is 17.6 Å². The third-order valence-electron chi connectivity index (χ3n) is 4.73. The van der Waals surface area contributed by atoms with Gasteiger partial charge in [-0.25, -0.2) is 4.98 Å². The van der Waals surface area contributed by atoms with Gasteiger partial charge in [0.15, 0.2) is 4.34 Å². The van der Waals surface area contributed by atoms with Gasteiger partial charge in [-0.05, 0) is 55.3 Å². The molecule has 4 aromatic rings. The molecule has 2 amide bonds. The molecule has 0 aliphatic heterocycles. The lowest BCUT2D eigenvalue weighted by atomic mass is 10.1. The number of aromatic nitrogens is 1. The summed E-state index contributed by atoms with van der Waals surface area (Å²) in [4.78, 5) is 29.4. The van der Waals surface area contributed by atoms with Crippen LogP contribution in [-0.2, 0) is 4.79 Å². The predicted octanol–water partition coefficient (Wildman–Crippen LogP) is 5.90. The molecule has 0 saturated heterocycles. The zero-order chi connectivity index (χ0) is 21.8. The minimum Gasteiger partial charge on any atom is -0.325 e. The highest BCUT2D eigenvalue weighted by molar-refractivity contribution is 8.01. The number of anilines is 2. The first-order valence-corrected chi connectivity index (χ1v) is 11.6. The number of aryl methyl sites for hydroxylation is 2. The van der Waals surface area contributed by atoms with Crippen LogP contribution in [-0.4, -0.2) is 22.6 Å². The number of nitrogens with one attached hydrogen (secondary N) is 2. The number of nitrogens with zero attached hydrogens (tertiary/aromatic N) is 1. The standard InChI is InChI=1S/C24H21N3O2S2/c1-15-7-6-8-16(2)22(15)27-21(28)14-30-24-26-19-12-11-18(13-20(19)31-24)25-23(29)17-9-4-3-5-10-17/h3-13H,14H2,1-2H3,(H,25,29)(H,27,28). The highest BCUT2D eigenvalue weighted by atomic mass is 32.2. The fourth-order valence-electron chi connectivity index (χ4n) is 3.15. The summed E-state index contributed by atoms with van der Waals surface area (Å²) < 4.78 is 1.78. The van der Waals surface area contributed by atoms with Crippen LogP contribution in [0.25, 0.3) is 10.2 Å². The summed E-state index contributed by atoms with van der Waals surface area (Å²) in [5.41, 5.74) is 5.13. The van der Waals surface area contributed by atoms with Crippen LogP contribution in [0.4, 0.5) is 11.4 Å². The van der Waals surface area contributed by atoms with Crippen molar-refractivity contribution in [3.05, 3.63) is 83.4 Å². The van der Waals surface area contributed by atoms with E-state index in [4.69, 9.17) is 0 Å². The fraction of sp³-hybridized carbons (Fsp3) is 0.125. The number of thioether (sulfide) groups is 1. The van der Waals surface area contributed by atoms with Crippen molar-refractivity contribution < 1.29 is 9.59 Å². The maximum absolute atomic E-state index is 12.4. The van der Waals surface area contributed by atoms with Gasteiger partial charge < -0.3 is 10.6 Å². The molecular weight excluding hydrogens is 426 g/mol. The zero-order valence-corrected chi connectivity index (χ0v) is 18.8. The Labute approximate surface area is 188 Å². The second-order valence-electron chi connectivity index (χ2n) is 7.09. The highest BCUT2D eigenvalue weighted by Crippen LogP contribution is 2.31.